The van der Waals surface area contributed by atoms with Gasteiger partial charge in [-0.3, -0.25) is 0 Å². The molecule has 0 saturated carbocycles. The molecule has 0 aliphatic rings. The average Bonchev–Trinajstić information content (AvgIpc) is 2.35. The molecule has 0 rings (SSSR count). The summed E-state index contributed by atoms with van der Waals surface area (Å²) in [6.07, 6.45) is -8.07. The van der Waals surface area contributed by atoms with Gasteiger partial charge in [-0.25, -0.2) is 4.79 Å². The van der Waals surface area contributed by atoms with Crippen molar-refractivity contribution in [3.05, 3.63) is 0 Å². The molecule has 0 bridgehead atoms. The van der Waals surface area contributed by atoms with Crippen LogP contribution in [-0.4, -0.2) is 146 Å². The van der Waals surface area contributed by atoms with E-state index in [1.807, 2.05) is 0 Å². The summed E-state index contributed by atoms with van der Waals surface area (Å²) in [4.78, 5) is 19.3. The number of aliphatic carboxylic acids is 1. The van der Waals surface area contributed by atoms with E-state index in [2.05, 4.69) is 0 Å². The van der Waals surface area contributed by atoms with Crippen LogP contribution in [0.15, 0.2) is 0 Å². The summed E-state index contributed by atoms with van der Waals surface area (Å²) in [5, 5.41) is 59.3. The van der Waals surface area contributed by atoms with Gasteiger partial charge in [-0.05, 0) is 6.92 Å². The largest absolute Gasteiger partial charge is 2.00 e. The quantitative estimate of drug-likeness (QED) is 0.120. The molecule has 0 aliphatic heterocycles. The molecule has 9 nitrogen and oxygen atoms in total. The van der Waals surface area contributed by atoms with Gasteiger partial charge in [0.05, 0.1) is 6.61 Å². The van der Waals surface area contributed by atoms with Crippen molar-refractivity contribution in [2.24, 2.45) is 0 Å². The number of aliphatic hydroxyl groups excluding tert-OH is 6. The normalized spacial score (nSPS) is 12.4. The minimum Gasteiger partial charge on any atom is -1.00 e. The minimum absolute atomic E-state index is 0. The van der Waals surface area contributed by atoms with E-state index in [1.165, 1.54) is 6.92 Å². The number of hydrogen-bond donors (Lipinski definition) is 7. The molecule has 5 atom stereocenters. The van der Waals surface area contributed by atoms with Crippen LogP contribution in [0.1, 0.15) is 16.9 Å². The third kappa shape index (κ3) is 42.4. The Hall–Kier alpha value is 5.72. The fourth-order valence-corrected chi connectivity index (χ4v) is 0.618. The molecule has 0 aromatic heterocycles. The maximum Gasteiger partial charge on any atom is 2.00 e. The smallest absolute Gasteiger partial charge is 1.00 e. The van der Waals surface area contributed by atoms with Crippen molar-refractivity contribution in [1.82, 2.24) is 0 Å². The van der Waals surface area contributed by atoms with Gasteiger partial charge in [0.15, 0.2) is 6.29 Å². The molecule has 0 fully saturated rings. The molecule has 0 amide bonds. The van der Waals surface area contributed by atoms with Gasteiger partial charge >= 0.3 is 177 Å². The number of carbonyl (C=O) groups excluding carboxylic acids is 1. The maximum absolute atomic E-state index is 9.90. The number of halogens is 4. The Kier molecular flexibility index (Phi) is 117. The number of carboxylic acids is 1. The molecule has 27 heavy (non-hydrogen) atoms. The summed E-state index contributed by atoms with van der Waals surface area (Å²) >= 11 is 0. The van der Waals surface area contributed by atoms with Gasteiger partial charge < -0.3 is 50.5 Å². The van der Waals surface area contributed by atoms with Crippen molar-refractivity contribution >= 4 is 123 Å². The zero-order chi connectivity index (χ0) is 14.9. The Balaban J connectivity index is -0.00000000679. The van der Waals surface area contributed by atoms with Crippen LogP contribution in [0.25, 0.3) is 0 Å². The molecule has 0 saturated heterocycles. The third-order valence-corrected chi connectivity index (χ3v) is 1.78. The Bertz CT molecular complexity index is 310. The van der Waals surface area contributed by atoms with Crippen LogP contribution in [0, 0.1) is 0 Å². The summed E-state index contributed by atoms with van der Waals surface area (Å²) in [6.45, 7) is 0.437. The second kappa shape index (κ2) is 45.3. The summed E-state index contributed by atoms with van der Waals surface area (Å²) in [5.74, 6) is -1.19. The molecule has 154 valence electrons. The molecule has 5 unspecified atom stereocenters. The van der Waals surface area contributed by atoms with Crippen LogP contribution in [0.3, 0.4) is 0 Å². The van der Waals surface area contributed by atoms with Gasteiger partial charge in [-0.15, -0.1) is 49.6 Å². The molecule has 0 heterocycles. The molecule has 18 heteroatoms. The predicted molar refractivity (Wildman–Crippen MR) is 105 cm³/mol. The van der Waals surface area contributed by atoms with Gasteiger partial charge in [-0.1, -0.05) is 0 Å². The minimum atomic E-state index is -1.79. The number of aliphatic hydroxyl groups is 6. The van der Waals surface area contributed by atoms with Crippen molar-refractivity contribution in [1.29, 1.82) is 0 Å². The number of rotatable bonds is 6. The third-order valence-electron chi connectivity index (χ3n) is 1.78. The van der Waals surface area contributed by atoms with Crippen LogP contribution in [-0.2, 0) is 9.59 Å². The Labute approximate surface area is 326 Å². The number of aldehydes is 1. The SMILES string of the molecule is CC(O)C(=O)O.Cl.Cl.Cl.Cl.O=CC(O)C(O)C(O)C(O)CO.[Ca+2].[H-].[H-].[H-].[H-].[H-].[H-].[H-].[K+].[Mg+2].[Na+].[Na+]. The second-order valence-corrected chi connectivity index (χ2v) is 3.37. The Morgan fingerprint density at radius 2 is 1.22 bits per heavy atom. The zero-order valence-corrected chi connectivity index (χ0v) is 29.7. The van der Waals surface area contributed by atoms with Crippen LogP contribution < -0.4 is 110 Å². The molecule has 0 aromatic carbocycles. The maximum atomic E-state index is 9.90. The van der Waals surface area contributed by atoms with Crippen LogP contribution in [0.4, 0.5) is 0 Å². The molecule has 7 N–H and O–H groups in total. The molecular formula is C9H29CaCl4KMgNa2O9. The second-order valence-electron chi connectivity index (χ2n) is 3.37. The first-order chi connectivity index (χ1) is 8.18. The van der Waals surface area contributed by atoms with E-state index in [4.69, 9.17) is 35.7 Å². The molecule has 0 aromatic rings. The monoisotopic (exact) mass is 570 g/mol. The molecule has 0 spiro atoms. The van der Waals surface area contributed by atoms with Crippen LogP contribution in [0.5, 0.6) is 0 Å². The first-order valence-electron chi connectivity index (χ1n) is 4.88. The summed E-state index contributed by atoms with van der Waals surface area (Å²) in [7, 11) is 0. The van der Waals surface area contributed by atoms with Crippen molar-refractivity contribution in [2.75, 3.05) is 6.61 Å². The summed E-state index contributed by atoms with van der Waals surface area (Å²) < 4.78 is 0. The van der Waals surface area contributed by atoms with Gasteiger partial charge in [0.2, 0.25) is 0 Å². The summed E-state index contributed by atoms with van der Waals surface area (Å²) in [6, 6.07) is 0. The van der Waals surface area contributed by atoms with Gasteiger partial charge in [0, 0.05) is 0 Å². The summed E-state index contributed by atoms with van der Waals surface area (Å²) in [5.41, 5.74) is 0. The van der Waals surface area contributed by atoms with Gasteiger partial charge in [0.1, 0.15) is 30.5 Å². The number of carbonyl (C=O) groups is 2. The van der Waals surface area contributed by atoms with Gasteiger partial charge in [-0.2, -0.15) is 0 Å². The topological polar surface area (TPSA) is 176 Å². The van der Waals surface area contributed by atoms with E-state index < -0.39 is 43.1 Å². The first-order valence-corrected chi connectivity index (χ1v) is 4.88. The fraction of sp³-hybridized carbons (Fsp3) is 0.778. The molecule has 0 radical (unpaired) electrons. The van der Waals surface area contributed by atoms with Crippen molar-refractivity contribution in [3.63, 3.8) is 0 Å². The number of carboxylic acid groups (broad SMARTS) is 1. The molecule has 0 aliphatic carbocycles. The van der Waals surface area contributed by atoms with Crippen molar-refractivity contribution < 1.29 is 166 Å². The van der Waals surface area contributed by atoms with Crippen LogP contribution >= 0.6 is 49.6 Å². The predicted octanol–water partition coefficient (Wildman–Crippen LogP) is -11.2. The average molecular weight is 573 g/mol. The van der Waals surface area contributed by atoms with E-state index in [0.717, 1.165) is 0 Å². The van der Waals surface area contributed by atoms with E-state index >= 15 is 0 Å². The van der Waals surface area contributed by atoms with E-state index in [0.29, 0.717) is 0 Å². The van der Waals surface area contributed by atoms with E-state index in [9.17, 15) is 9.59 Å². The first kappa shape index (κ1) is 69.8. The zero-order valence-electron chi connectivity index (χ0n) is 22.7. The van der Waals surface area contributed by atoms with E-state index in [-0.39, 0.29) is 237 Å². The molecular weight excluding hydrogens is 543 g/mol. The van der Waals surface area contributed by atoms with Crippen molar-refractivity contribution in [2.45, 2.75) is 37.4 Å². The van der Waals surface area contributed by atoms with Crippen LogP contribution in [0.2, 0.25) is 0 Å². The Morgan fingerprint density at radius 1 is 0.963 bits per heavy atom. The number of hydrogen-bond acceptors (Lipinski definition) is 8. The van der Waals surface area contributed by atoms with Crippen molar-refractivity contribution in [3.8, 4) is 0 Å². The Morgan fingerprint density at radius 3 is 1.37 bits per heavy atom. The fourth-order valence-electron chi connectivity index (χ4n) is 0.618. The van der Waals surface area contributed by atoms with E-state index in [1.54, 1.807) is 0 Å². The standard InChI is InChI=1S/C6H12O6.C3H6O3.Ca.4ClH.K.Mg.2Na.7H/c7-1-3(9)5(11)6(12)4(10)2-8;1-2(4)3(5)6;;;;;;;;;;;;;;;;/h1,3-6,8-12H,2H2;2,4H,1H3,(H,5,6);;4*1H;;;;;;;;;;;/q;;+2;;;;;+1;+2;2*+1;7*-1. The van der Waals surface area contributed by atoms with Gasteiger partial charge in [0.25, 0.3) is 0 Å².